The molecule has 0 amide bonds. The van der Waals surface area contributed by atoms with Gasteiger partial charge in [-0.2, -0.15) is 5.10 Å². The minimum absolute atomic E-state index is 0.295. The maximum Gasteiger partial charge on any atom is 0.356 e. The summed E-state index contributed by atoms with van der Waals surface area (Å²) in [5.74, 6) is -0.388. The standard InChI is InChI=1S/C18H24ClN5O2/c1-3-26-17(25)16-13-5-4-12(7-20)14(6-11(2)19)15(13)23-24(16)10-18(21)8-22-9-18/h6-7,22H,2-5,8-10,20-21H2,1H3/b12-7-,14-6+. The van der Waals surface area contributed by atoms with E-state index in [0.717, 1.165) is 16.7 Å². The number of esters is 1. The number of hydrogen-bond donors (Lipinski definition) is 3. The molecule has 8 heteroatoms. The molecule has 0 radical (unpaired) electrons. The molecule has 1 fully saturated rings. The summed E-state index contributed by atoms with van der Waals surface area (Å²) in [6.45, 7) is 7.59. The van der Waals surface area contributed by atoms with Crippen molar-refractivity contribution in [3.63, 3.8) is 0 Å². The monoisotopic (exact) mass is 377 g/mol. The lowest BCUT2D eigenvalue weighted by molar-refractivity contribution is 0.0507. The number of allylic oxidation sites excluding steroid dienone is 4. The molecule has 2 heterocycles. The molecular weight excluding hydrogens is 354 g/mol. The molecule has 1 saturated heterocycles. The third-order valence-corrected chi connectivity index (χ3v) is 4.79. The van der Waals surface area contributed by atoms with Gasteiger partial charge in [0.2, 0.25) is 0 Å². The minimum atomic E-state index is -0.428. The molecule has 2 aliphatic rings. The SMILES string of the molecule is C=C(Cl)/C=C1\C(=C/N)CCc2c1nn(CC1(N)CNC1)c2C(=O)OCC. The zero-order valence-electron chi connectivity index (χ0n) is 14.8. The molecule has 0 bridgehead atoms. The van der Waals surface area contributed by atoms with E-state index in [9.17, 15) is 4.79 Å². The second kappa shape index (κ2) is 7.26. The van der Waals surface area contributed by atoms with Crippen LogP contribution in [0.3, 0.4) is 0 Å². The first kappa shape index (κ1) is 18.7. The van der Waals surface area contributed by atoms with Crippen LogP contribution < -0.4 is 16.8 Å². The van der Waals surface area contributed by atoms with Gasteiger partial charge in [-0.15, -0.1) is 0 Å². The summed E-state index contributed by atoms with van der Waals surface area (Å²) in [5, 5.41) is 8.23. The average molecular weight is 378 g/mol. The Morgan fingerprint density at radius 1 is 1.50 bits per heavy atom. The molecule has 0 saturated carbocycles. The van der Waals surface area contributed by atoms with Gasteiger partial charge < -0.3 is 21.5 Å². The van der Waals surface area contributed by atoms with Crippen LogP contribution in [0.4, 0.5) is 0 Å². The van der Waals surface area contributed by atoms with E-state index in [1.54, 1.807) is 23.9 Å². The van der Waals surface area contributed by atoms with Gasteiger partial charge in [-0.05, 0) is 37.6 Å². The highest BCUT2D eigenvalue weighted by Gasteiger charge is 2.37. The van der Waals surface area contributed by atoms with Crippen LogP contribution in [-0.2, 0) is 17.7 Å². The van der Waals surface area contributed by atoms with Crippen LogP contribution in [0, 0.1) is 0 Å². The number of ether oxygens (including phenoxy) is 1. The van der Waals surface area contributed by atoms with Gasteiger partial charge in [-0.1, -0.05) is 18.2 Å². The van der Waals surface area contributed by atoms with Gasteiger partial charge in [0.1, 0.15) is 5.69 Å². The van der Waals surface area contributed by atoms with Crippen molar-refractivity contribution in [2.75, 3.05) is 19.7 Å². The van der Waals surface area contributed by atoms with Crippen LogP contribution in [0.1, 0.15) is 35.1 Å². The summed E-state index contributed by atoms with van der Waals surface area (Å²) in [7, 11) is 0. The Hall–Kier alpha value is -2.09. The summed E-state index contributed by atoms with van der Waals surface area (Å²) in [4.78, 5) is 12.6. The normalized spacial score (nSPS) is 21.3. The van der Waals surface area contributed by atoms with Gasteiger partial charge in [0.25, 0.3) is 0 Å². The molecule has 140 valence electrons. The Morgan fingerprint density at radius 2 is 2.23 bits per heavy atom. The predicted molar refractivity (Wildman–Crippen MR) is 102 cm³/mol. The van der Waals surface area contributed by atoms with E-state index in [2.05, 4.69) is 11.9 Å². The maximum absolute atomic E-state index is 12.6. The van der Waals surface area contributed by atoms with Gasteiger partial charge >= 0.3 is 5.97 Å². The third-order valence-electron chi connectivity index (χ3n) is 4.69. The number of fused-ring (bicyclic) bond motifs is 1. The number of nitrogens with two attached hydrogens (primary N) is 2. The Balaban J connectivity index is 2.13. The first-order chi connectivity index (χ1) is 12.4. The smallest absolute Gasteiger partial charge is 0.356 e. The number of nitrogens with one attached hydrogen (secondary N) is 1. The summed E-state index contributed by atoms with van der Waals surface area (Å²) in [6.07, 6.45) is 4.62. The summed E-state index contributed by atoms with van der Waals surface area (Å²) < 4.78 is 6.94. The van der Waals surface area contributed by atoms with Crippen molar-refractivity contribution in [3.05, 3.63) is 46.4 Å². The number of aromatic nitrogens is 2. The fourth-order valence-corrected chi connectivity index (χ4v) is 3.50. The van der Waals surface area contributed by atoms with Crippen LogP contribution in [0.2, 0.25) is 0 Å². The topological polar surface area (TPSA) is 108 Å². The van der Waals surface area contributed by atoms with Crippen molar-refractivity contribution in [2.24, 2.45) is 11.5 Å². The summed E-state index contributed by atoms with van der Waals surface area (Å²) >= 11 is 6.00. The molecule has 1 aromatic rings. The number of hydrogen-bond acceptors (Lipinski definition) is 6. The second-order valence-electron chi connectivity index (χ2n) is 6.72. The van der Waals surface area contributed by atoms with E-state index in [-0.39, 0.29) is 5.97 Å². The molecule has 0 spiro atoms. The summed E-state index contributed by atoms with van der Waals surface area (Å²) in [6, 6.07) is 0. The Morgan fingerprint density at radius 3 is 2.77 bits per heavy atom. The highest BCUT2D eigenvalue weighted by Crippen LogP contribution is 2.37. The molecule has 3 rings (SSSR count). The van der Waals surface area contributed by atoms with E-state index < -0.39 is 5.54 Å². The lowest BCUT2D eigenvalue weighted by atomic mass is 9.87. The fourth-order valence-electron chi connectivity index (χ4n) is 3.39. The van der Waals surface area contributed by atoms with Crippen molar-refractivity contribution < 1.29 is 9.53 Å². The van der Waals surface area contributed by atoms with Crippen molar-refractivity contribution in [1.82, 2.24) is 15.1 Å². The average Bonchev–Trinajstić information content (AvgIpc) is 2.91. The van der Waals surface area contributed by atoms with Gasteiger partial charge in [0.05, 0.1) is 24.4 Å². The number of halogens is 1. The third kappa shape index (κ3) is 3.42. The van der Waals surface area contributed by atoms with Crippen molar-refractivity contribution in [2.45, 2.75) is 31.8 Å². The quantitative estimate of drug-likeness (QED) is 0.667. The summed E-state index contributed by atoms with van der Waals surface area (Å²) in [5.41, 5.74) is 15.4. The lowest BCUT2D eigenvalue weighted by Gasteiger charge is -2.39. The molecule has 1 aliphatic heterocycles. The van der Waals surface area contributed by atoms with Crippen LogP contribution in [0.15, 0.2) is 29.5 Å². The molecule has 0 unspecified atom stereocenters. The lowest BCUT2D eigenvalue weighted by Crippen LogP contribution is -2.67. The van der Waals surface area contributed by atoms with Crippen LogP contribution in [-0.4, -0.2) is 41.0 Å². The first-order valence-corrected chi connectivity index (χ1v) is 9.00. The highest BCUT2D eigenvalue weighted by atomic mass is 35.5. The van der Waals surface area contributed by atoms with Crippen LogP contribution >= 0.6 is 11.6 Å². The van der Waals surface area contributed by atoms with E-state index in [0.29, 0.717) is 55.5 Å². The van der Waals surface area contributed by atoms with E-state index in [1.807, 2.05) is 0 Å². The predicted octanol–water partition coefficient (Wildman–Crippen LogP) is 1.29. The molecule has 0 aromatic carbocycles. The maximum atomic E-state index is 12.6. The highest BCUT2D eigenvalue weighted by molar-refractivity contribution is 6.31. The van der Waals surface area contributed by atoms with Crippen molar-refractivity contribution >= 4 is 23.1 Å². The second-order valence-corrected chi connectivity index (χ2v) is 7.20. The van der Waals surface area contributed by atoms with Gasteiger partial charge in [-0.25, -0.2) is 4.79 Å². The molecular formula is C18H24ClN5O2. The Bertz CT molecular complexity index is 805. The first-order valence-electron chi connectivity index (χ1n) is 8.62. The number of carbonyl (C=O) groups excluding carboxylic acids is 1. The molecule has 0 atom stereocenters. The molecule has 1 aliphatic carbocycles. The van der Waals surface area contributed by atoms with Crippen molar-refractivity contribution in [1.29, 1.82) is 0 Å². The zero-order valence-corrected chi connectivity index (χ0v) is 15.6. The zero-order chi connectivity index (χ0) is 18.9. The molecule has 26 heavy (non-hydrogen) atoms. The Labute approximate surface area is 157 Å². The van der Waals surface area contributed by atoms with E-state index in [4.69, 9.17) is 32.9 Å². The number of rotatable bonds is 5. The van der Waals surface area contributed by atoms with Crippen LogP contribution in [0.25, 0.3) is 5.57 Å². The number of carbonyl (C=O) groups is 1. The van der Waals surface area contributed by atoms with Gasteiger partial charge in [0.15, 0.2) is 0 Å². The van der Waals surface area contributed by atoms with Crippen molar-refractivity contribution in [3.8, 4) is 0 Å². The van der Waals surface area contributed by atoms with E-state index in [1.165, 1.54) is 0 Å². The molecule has 5 N–H and O–H groups in total. The fraction of sp³-hybridized carbons (Fsp3) is 0.444. The molecule has 7 nitrogen and oxygen atoms in total. The van der Waals surface area contributed by atoms with Gasteiger partial charge in [-0.3, -0.25) is 4.68 Å². The number of nitrogens with zero attached hydrogens (tertiary/aromatic N) is 2. The van der Waals surface area contributed by atoms with Crippen LogP contribution in [0.5, 0.6) is 0 Å². The molecule has 1 aromatic heterocycles. The van der Waals surface area contributed by atoms with E-state index >= 15 is 0 Å². The largest absolute Gasteiger partial charge is 0.461 e. The minimum Gasteiger partial charge on any atom is -0.461 e. The Kier molecular flexibility index (Phi) is 5.22. The van der Waals surface area contributed by atoms with Gasteiger partial charge in [0, 0.05) is 29.3 Å².